The molecule has 1 heterocycles. The Hall–Kier alpha value is -3.65. The molecule has 4 aromatic carbocycles. The van der Waals surface area contributed by atoms with E-state index in [4.69, 9.17) is 4.98 Å². The highest BCUT2D eigenvalue weighted by molar-refractivity contribution is 6.12. The number of anilines is 1. The van der Waals surface area contributed by atoms with E-state index in [0.717, 1.165) is 24.5 Å². The average Bonchev–Trinajstić information content (AvgIpc) is 2.85. The molecule has 0 aliphatic heterocycles. The Kier molecular flexibility index (Phi) is 5.85. The van der Waals surface area contributed by atoms with Gasteiger partial charge in [0.05, 0.1) is 5.69 Å². The van der Waals surface area contributed by atoms with Crippen LogP contribution in [0.5, 0.6) is 0 Å². The molecule has 1 aromatic heterocycles. The quantitative estimate of drug-likeness (QED) is 0.272. The first-order valence-corrected chi connectivity index (χ1v) is 11.5. The van der Waals surface area contributed by atoms with E-state index in [-0.39, 0.29) is 0 Å². The van der Waals surface area contributed by atoms with Gasteiger partial charge in [-0.2, -0.15) is 0 Å². The summed E-state index contributed by atoms with van der Waals surface area (Å²) in [4.78, 5) is 5.02. The third-order valence-electron chi connectivity index (χ3n) is 6.07. The Morgan fingerprint density at radius 3 is 2.38 bits per heavy atom. The lowest BCUT2D eigenvalue weighted by Crippen LogP contribution is -2.01. The van der Waals surface area contributed by atoms with E-state index < -0.39 is 0 Å². The van der Waals surface area contributed by atoms with Crippen LogP contribution in [0.15, 0.2) is 97.1 Å². The lowest BCUT2D eigenvalue weighted by molar-refractivity contribution is 0.796. The third-order valence-corrected chi connectivity index (χ3v) is 6.07. The molecule has 0 amide bonds. The zero-order valence-corrected chi connectivity index (χ0v) is 18.5. The van der Waals surface area contributed by atoms with Gasteiger partial charge in [0.25, 0.3) is 0 Å². The maximum Gasteiger partial charge on any atom is 0.126 e. The van der Waals surface area contributed by atoms with Crippen LogP contribution in [0.4, 0.5) is 5.82 Å². The molecule has 158 valence electrons. The van der Waals surface area contributed by atoms with Crippen LogP contribution in [0, 0.1) is 0 Å². The molecule has 0 spiro atoms. The van der Waals surface area contributed by atoms with Crippen molar-refractivity contribution in [1.29, 1.82) is 0 Å². The molecule has 0 aliphatic carbocycles. The first-order chi connectivity index (χ1) is 15.8. The van der Waals surface area contributed by atoms with E-state index in [1.807, 2.05) is 12.1 Å². The Morgan fingerprint density at radius 2 is 1.50 bits per heavy atom. The molecule has 0 saturated carbocycles. The molecule has 0 radical (unpaired) electrons. The van der Waals surface area contributed by atoms with Crippen molar-refractivity contribution in [2.45, 2.75) is 32.7 Å². The molecule has 0 fully saturated rings. The first-order valence-electron chi connectivity index (χ1n) is 11.5. The molecule has 32 heavy (non-hydrogen) atoms. The number of pyridine rings is 1. The van der Waals surface area contributed by atoms with Gasteiger partial charge in [-0.25, -0.2) is 4.98 Å². The van der Waals surface area contributed by atoms with Gasteiger partial charge < -0.3 is 5.32 Å². The fourth-order valence-electron chi connectivity index (χ4n) is 4.40. The average molecular weight is 417 g/mol. The van der Waals surface area contributed by atoms with Gasteiger partial charge in [0.2, 0.25) is 0 Å². The fourth-order valence-corrected chi connectivity index (χ4v) is 4.40. The molecular weight excluding hydrogens is 388 g/mol. The molecule has 0 bridgehead atoms. The summed E-state index contributed by atoms with van der Waals surface area (Å²) < 4.78 is 0. The van der Waals surface area contributed by atoms with E-state index in [2.05, 4.69) is 97.2 Å². The standard InChI is InChI=1S/C30H28N2/c1-2-3-10-22-17-18-27-25(19-22)20-24-13-7-8-14-26(24)30(27)28-15-9-16-29(32-28)31-21-23-11-5-4-6-12-23/h4-9,11-20H,2-3,10,21H2,1H3,(H,31,32). The summed E-state index contributed by atoms with van der Waals surface area (Å²) in [6, 6.07) is 34.6. The van der Waals surface area contributed by atoms with Crippen LogP contribution >= 0.6 is 0 Å². The lowest BCUT2D eigenvalue weighted by Gasteiger charge is -2.14. The highest BCUT2D eigenvalue weighted by Crippen LogP contribution is 2.36. The number of aromatic nitrogens is 1. The second-order valence-corrected chi connectivity index (χ2v) is 8.38. The topological polar surface area (TPSA) is 24.9 Å². The van der Waals surface area contributed by atoms with Crippen LogP contribution in [-0.2, 0) is 13.0 Å². The predicted molar refractivity (Wildman–Crippen MR) is 137 cm³/mol. The number of nitrogens with one attached hydrogen (secondary N) is 1. The number of unbranched alkanes of at least 4 members (excludes halogenated alkanes) is 1. The second-order valence-electron chi connectivity index (χ2n) is 8.38. The lowest BCUT2D eigenvalue weighted by atomic mass is 9.93. The number of nitrogens with zero attached hydrogens (tertiary/aromatic N) is 1. The maximum absolute atomic E-state index is 5.02. The summed E-state index contributed by atoms with van der Waals surface area (Å²) in [6.45, 7) is 3.01. The summed E-state index contributed by atoms with van der Waals surface area (Å²) in [6.07, 6.45) is 3.57. The predicted octanol–water partition coefficient (Wildman–Crippen LogP) is 8.01. The van der Waals surface area contributed by atoms with E-state index in [0.29, 0.717) is 0 Å². The number of hydrogen-bond donors (Lipinski definition) is 1. The van der Waals surface area contributed by atoms with Gasteiger partial charge in [0.15, 0.2) is 0 Å². The minimum absolute atomic E-state index is 0.758. The summed E-state index contributed by atoms with van der Waals surface area (Å²) in [7, 11) is 0. The smallest absolute Gasteiger partial charge is 0.126 e. The van der Waals surface area contributed by atoms with Crippen LogP contribution < -0.4 is 5.32 Å². The minimum Gasteiger partial charge on any atom is -0.366 e. The maximum atomic E-state index is 5.02. The summed E-state index contributed by atoms with van der Waals surface area (Å²) in [5.74, 6) is 0.895. The number of rotatable bonds is 7. The number of hydrogen-bond acceptors (Lipinski definition) is 2. The van der Waals surface area contributed by atoms with Gasteiger partial charge >= 0.3 is 0 Å². The van der Waals surface area contributed by atoms with Gasteiger partial charge in [-0.05, 0) is 63.7 Å². The Morgan fingerprint density at radius 1 is 0.688 bits per heavy atom. The first kappa shape index (κ1) is 20.3. The van der Waals surface area contributed by atoms with Gasteiger partial charge in [0, 0.05) is 12.1 Å². The van der Waals surface area contributed by atoms with Crippen molar-refractivity contribution in [2.75, 3.05) is 5.32 Å². The fraction of sp³-hybridized carbons (Fsp3) is 0.167. The van der Waals surface area contributed by atoms with Gasteiger partial charge in [-0.1, -0.05) is 92.2 Å². The molecule has 1 N–H and O–H groups in total. The van der Waals surface area contributed by atoms with Gasteiger partial charge in [-0.3, -0.25) is 0 Å². The molecule has 0 unspecified atom stereocenters. The second kappa shape index (κ2) is 9.23. The van der Waals surface area contributed by atoms with Crippen LogP contribution in [0.1, 0.15) is 30.9 Å². The molecule has 0 aliphatic rings. The zero-order valence-electron chi connectivity index (χ0n) is 18.5. The highest BCUT2D eigenvalue weighted by Gasteiger charge is 2.12. The molecule has 0 atom stereocenters. The Bertz CT molecular complexity index is 1360. The van der Waals surface area contributed by atoms with Gasteiger partial charge in [0.1, 0.15) is 5.82 Å². The SMILES string of the molecule is CCCCc1ccc2c(-c3cccc(NCc4ccccc4)n3)c3ccccc3cc2c1. The van der Waals surface area contributed by atoms with Crippen molar-refractivity contribution in [3.63, 3.8) is 0 Å². The molecule has 0 saturated heterocycles. The molecule has 2 nitrogen and oxygen atoms in total. The van der Waals surface area contributed by atoms with E-state index in [1.165, 1.54) is 51.1 Å². The number of aryl methyl sites for hydroxylation is 1. The van der Waals surface area contributed by atoms with E-state index in [9.17, 15) is 0 Å². The van der Waals surface area contributed by atoms with E-state index in [1.54, 1.807) is 0 Å². The summed E-state index contributed by atoms with van der Waals surface area (Å²) in [5.41, 5.74) is 4.87. The summed E-state index contributed by atoms with van der Waals surface area (Å²) in [5, 5.41) is 8.54. The van der Waals surface area contributed by atoms with Crippen LogP contribution in [0.2, 0.25) is 0 Å². The number of fused-ring (bicyclic) bond motifs is 2. The minimum atomic E-state index is 0.758. The molecule has 5 aromatic rings. The van der Waals surface area contributed by atoms with Gasteiger partial charge in [-0.15, -0.1) is 0 Å². The largest absolute Gasteiger partial charge is 0.366 e. The molecule has 2 heteroatoms. The monoisotopic (exact) mass is 416 g/mol. The third kappa shape index (κ3) is 4.22. The van der Waals surface area contributed by atoms with Crippen LogP contribution in [0.25, 0.3) is 32.8 Å². The number of benzene rings is 4. The van der Waals surface area contributed by atoms with Crippen molar-refractivity contribution in [1.82, 2.24) is 4.98 Å². The Labute approximate surface area is 190 Å². The molecule has 5 rings (SSSR count). The van der Waals surface area contributed by atoms with E-state index >= 15 is 0 Å². The van der Waals surface area contributed by atoms with Crippen LogP contribution in [-0.4, -0.2) is 4.98 Å². The molecular formula is C30H28N2. The van der Waals surface area contributed by atoms with Crippen molar-refractivity contribution < 1.29 is 0 Å². The Balaban J connectivity index is 1.59. The zero-order chi connectivity index (χ0) is 21.8. The van der Waals surface area contributed by atoms with Crippen LogP contribution in [0.3, 0.4) is 0 Å². The van der Waals surface area contributed by atoms with Crippen molar-refractivity contribution in [3.8, 4) is 11.3 Å². The van der Waals surface area contributed by atoms with Crippen molar-refractivity contribution in [2.24, 2.45) is 0 Å². The highest BCUT2D eigenvalue weighted by atomic mass is 15.0. The van der Waals surface area contributed by atoms with Crippen molar-refractivity contribution >= 4 is 27.4 Å². The summed E-state index contributed by atoms with van der Waals surface area (Å²) >= 11 is 0. The normalized spacial score (nSPS) is 11.2. The van der Waals surface area contributed by atoms with Crippen molar-refractivity contribution in [3.05, 3.63) is 108 Å².